The first-order valence-corrected chi connectivity index (χ1v) is 4.77. The Kier molecular flexibility index (Phi) is 2.73. The predicted octanol–water partition coefficient (Wildman–Crippen LogP) is 1.65. The molecule has 4 N–H and O–H groups in total. The van der Waals surface area contributed by atoms with Gasteiger partial charge >= 0.3 is 0 Å². The lowest BCUT2D eigenvalue weighted by atomic mass is 10.2. The normalized spacial score (nSPS) is 10.2. The van der Waals surface area contributed by atoms with Gasteiger partial charge in [0, 0.05) is 0 Å². The third-order valence-electron chi connectivity index (χ3n) is 1.94. The number of nitrogen functional groups attached to an aromatic ring is 1. The van der Waals surface area contributed by atoms with E-state index in [4.69, 9.17) is 17.3 Å². The number of aromatic amines is 1. The maximum absolute atomic E-state index is 5.98. The predicted molar refractivity (Wildman–Crippen MR) is 59.6 cm³/mol. The van der Waals surface area contributed by atoms with Gasteiger partial charge in [0.1, 0.15) is 12.2 Å². The van der Waals surface area contributed by atoms with Crippen LogP contribution in [-0.4, -0.2) is 15.2 Å². The number of benzene rings is 1. The molecule has 0 saturated heterocycles. The second-order valence-electron chi connectivity index (χ2n) is 2.99. The number of nitrogens with one attached hydrogen (secondary N) is 2. The Labute approximate surface area is 91.7 Å². The summed E-state index contributed by atoms with van der Waals surface area (Å²) in [4.78, 5) is 3.98. The number of H-pyrrole nitrogens is 1. The first-order valence-electron chi connectivity index (χ1n) is 4.39. The van der Waals surface area contributed by atoms with Crippen molar-refractivity contribution in [3.8, 4) is 0 Å². The van der Waals surface area contributed by atoms with Gasteiger partial charge < -0.3 is 11.1 Å². The van der Waals surface area contributed by atoms with Crippen molar-refractivity contribution in [1.29, 1.82) is 0 Å². The van der Waals surface area contributed by atoms with Crippen molar-refractivity contribution in [3.05, 3.63) is 35.4 Å². The molecular formula is C9H10ClN5. The number of halogens is 1. The average Bonchev–Trinajstić information content (AvgIpc) is 2.70. The van der Waals surface area contributed by atoms with E-state index in [-0.39, 0.29) is 0 Å². The van der Waals surface area contributed by atoms with Crippen molar-refractivity contribution in [2.24, 2.45) is 0 Å². The van der Waals surface area contributed by atoms with Gasteiger partial charge in [0.15, 0.2) is 0 Å². The van der Waals surface area contributed by atoms with Crippen LogP contribution in [0.1, 0.15) is 5.82 Å². The lowest BCUT2D eigenvalue weighted by molar-refractivity contribution is 0.955. The zero-order valence-electron chi connectivity index (χ0n) is 7.87. The van der Waals surface area contributed by atoms with Gasteiger partial charge in [-0.3, -0.25) is 5.10 Å². The summed E-state index contributed by atoms with van der Waals surface area (Å²) in [5, 5.41) is 10.2. The Morgan fingerprint density at radius 3 is 3.00 bits per heavy atom. The molecule has 0 bridgehead atoms. The van der Waals surface area contributed by atoms with E-state index in [1.54, 1.807) is 18.2 Å². The van der Waals surface area contributed by atoms with Crippen LogP contribution in [0.2, 0.25) is 5.02 Å². The lowest BCUT2D eigenvalue weighted by Gasteiger charge is -2.09. The first kappa shape index (κ1) is 9.79. The number of rotatable bonds is 3. The number of nitrogens with two attached hydrogens (primary N) is 1. The van der Waals surface area contributed by atoms with Crippen molar-refractivity contribution in [3.63, 3.8) is 0 Å². The summed E-state index contributed by atoms with van der Waals surface area (Å²) in [7, 11) is 0. The maximum Gasteiger partial charge on any atom is 0.143 e. The number of anilines is 2. The molecule has 2 aromatic rings. The Morgan fingerprint density at radius 1 is 1.47 bits per heavy atom. The highest BCUT2D eigenvalue weighted by Gasteiger charge is 2.04. The fourth-order valence-corrected chi connectivity index (χ4v) is 1.46. The zero-order valence-corrected chi connectivity index (χ0v) is 8.62. The molecule has 1 aromatic heterocycles. The topological polar surface area (TPSA) is 79.6 Å². The minimum Gasteiger partial charge on any atom is -0.397 e. The van der Waals surface area contributed by atoms with Gasteiger partial charge in [-0.1, -0.05) is 17.7 Å². The van der Waals surface area contributed by atoms with E-state index in [1.807, 2.05) is 0 Å². The monoisotopic (exact) mass is 223 g/mol. The smallest absolute Gasteiger partial charge is 0.143 e. The molecule has 0 radical (unpaired) electrons. The van der Waals surface area contributed by atoms with Crippen molar-refractivity contribution < 1.29 is 0 Å². The van der Waals surface area contributed by atoms with Crippen molar-refractivity contribution in [2.45, 2.75) is 6.54 Å². The molecule has 6 heteroatoms. The zero-order chi connectivity index (χ0) is 10.7. The minimum absolute atomic E-state index is 0.508. The number of hydrogen-bond acceptors (Lipinski definition) is 4. The highest BCUT2D eigenvalue weighted by molar-refractivity contribution is 6.33. The second-order valence-corrected chi connectivity index (χ2v) is 3.40. The van der Waals surface area contributed by atoms with Crippen molar-refractivity contribution in [1.82, 2.24) is 15.2 Å². The number of nitrogens with zero attached hydrogens (tertiary/aromatic N) is 2. The SMILES string of the molecule is Nc1cccc(Cl)c1NCc1ncn[nH]1. The second kappa shape index (κ2) is 4.18. The Balaban J connectivity index is 2.11. The van der Waals surface area contributed by atoms with Gasteiger partial charge in [-0.05, 0) is 12.1 Å². The molecule has 0 aliphatic heterocycles. The molecule has 0 saturated carbocycles. The Bertz CT molecular complexity index is 420. The number of hydrogen-bond donors (Lipinski definition) is 3. The molecule has 15 heavy (non-hydrogen) atoms. The molecule has 0 aliphatic carbocycles. The van der Waals surface area contributed by atoms with Crippen LogP contribution in [0.25, 0.3) is 0 Å². The summed E-state index contributed by atoms with van der Waals surface area (Å²) in [6.45, 7) is 0.508. The van der Waals surface area contributed by atoms with Gasteiger partial charge in [0.2, 0.25) is 0 Å². The van der Waals surface area contributed by atoms with E-state index in [2.05, 4.69) is 20.5 Å². The summed E-state index contributed by atoms with van der Waals surface area (Å²) < 4.78 is 0. The van der Waals surface area contributed by atoms with E-state index in [1.165, 1.54) is 6.33 Å². The fraction of sp³-hybridized carbons (Fsp3) is 0.111. The Hall–Kier alpha value is -1.75. The highest BCUT2D eigenvalue weighted by atomic mass is 35.5. The maximum atomic E-state index is 5.98. The van der Waals surface area contributed by atoms with Crippen LogP contribution in [0.4, 0.5) is 11.4 Å². The molecule has 1 aromatic carbocycles. The van der Waals surface area contributed by atoms with Crippen LogP contribution < -0.4 is 11.1 Å². The Morgan fingerprint density at radius 2 is 2.33 bits per heavy atom. The average molecular weight is 224 g/mol. The summed E-state index contributed by atoms with van der Waals surface area (Å²) >= 11 is 5.98. The van der Waals surface area contributed by atoms with Gasteiger partial charge in [-0.2, -0.15) is 5.10 Å². The van der Waals surface area contributed by atoms with Gasteiger partial charge in [-0.15, -0.1) is 0 Å². The molecule has 0 unspecified atom stereocenters. The van der Waals surface area contributed by atoms with E-state index in [0.29, 0.717) is 17.3 Å². The summed E-state index contributed by atoms with van der Waals surface area (Å²) in [5.41, 5.74) is 7.10. The number of aromatic nitrogens is 3. The first-order chi connectivity index (χ1) is 7.27. The largest absolute Gasteiger partial charge is 0.397 e. The molecule has 0 fully saturated rings. The summed E-state index contributed by atoms with van der Waals surface area (Å²) in [6, 6.07) is 5.37. The van der Waals surface area contributed by atoms with Crippen LogP contribution in [0, 0.1) is 0 Å². The van der Waals surface area contributed by atoms with E-state index >= 15 is 0 Å². The molecule has 0 spiro atoms. The van der Waals surface area contributed by atoms with Crippen LogP contribution in [0.3, 0.4) is 0 Å². The molecule has 0 atom stereocenters. The third kappa shape index (κ3) is 2.19. The van der Waals surface area contributed by atoms with E-state index < -0.39 is 0 Å². The minimum atomic E-state index is 0.508. The molecular weight excluding hydrogens is 214 g/mol. The van der Waals surface area contributed by atoms with Crippen LogP contribution in [0.15, 0.2) is 24.5 Å². The van der Waals surface area contributed by atoms with Crippen LogP contribution in [-0.2, 0) is 6.54 Å². The van der Waals surface area contributed by atoms with E-state index in [0.717, 1.165) is 11.5 Å². The van der Waals surface area contributed by atoms with Crippen LogP contribution >= 0.6 is 11.6 Å². The van der Waals surface area contributed by atoms with Gasteiger partial charge in [-0.25, -0.2) is 4.98 Å². The highest BCUT2D eigenvalue weighted by Crippen LogP contribution is 2.27. The molecule has 2 rings (SSSR count). The van der Waals surface area contributed by atoms with Crippen molar-refractivity contribution >= 4 is 23.0 Å². The fourth-order valence-electron chi connectivity index (χ4n) is 1.22. The molecule has 0 aliphatic rings. The molecule has 1 heterocycles. The molecule has 78 valence electrons. The lowest BCUT2D eigenvalue weighted by Crippen LogP contribution is -2.04. The van der Waals surface area contributed by atoms with Gasteiger partial charge in [0.25, 0.3) is 0 Å². The van der Waals surface area contributed by atoms with E-state index in [9.17, 15) is 0 Å². The number of para-hydroxylation sites is 1. The summed E-state index contributed by atoms with van der Waals surface area (Å²) in [6.07, 6.45) is 1.45. The van der Waals surface area contributed by atoms with Crippen LogP contribution in [0.5, 0.6) is 0 Å². The molecule has 5 nitrogen and oxygen atoms in total. The third-order valence-corrected chi connectivity index (χ3v) is 2.26. The standard InChI is InChI=1S/C9H10ClN5/c10-6-2-1-3-7(11)9(6)12-4-8-13-5-14-15-8/h1-3,5,12H,4,11H2,(H,13,14,15). The molecule has 0 amide bonds. The van der Waals surface area contributed by atoms with Crippen molar-refractivity contribution in [2.75, 3.05) is 11.1 Å². The van der Waals surface area contributed by atoms with Gasteiger partial charge in [0.05, 0.1) is 22.9 Å². The summed E-state index contributed by atoms with van der Waals surface area (Å²) in [5.74, 6) is 0.731. The quantitative estimate of drug-likeness (QED) is 0.692.